The molecule has 1 fully saturated rings. The predicted octanol–water partition coefficient (Wildman–Crippen LogP) is 3.76. The minimum atomic E-state index is 0.550. The zero-order valence-electron chi connectivity index (χ0n) is 10.1. The number of hydrogen-bond donors (Lipinski definition) is 1. The van der Waals surface area contributed by atoms with Crippen molar-refractivity contribution in [2.75, 3.05) is 6.54 Å². The highest BCUT2D eigenvalue weighted by Crippen LogP contribution is 2.23. The van der Waals surface area contributed by atoms with Crippen molar-refractivity contribution in [3.05, 3.63) is 34.3 Å². The van der Waals surface area contributed by atoms with Crippen LogP contribution in [0.3, 0.4) is 0 Å². The average molecular weight is 238 g/mol. The lowest BCUT2D eigenvalue weighted by molar-refractivity contribution is 0.602. The Kier molecular flexibility index (Phi) is 3.88. The molecule has 0 amide bonds. The quantitative estimate of drug-likeness (QED) is 0.844. The molecule has 2 heteroatoms. The van der Waals surface area contributed by atoms with Gasteiger partial charge in [0, 0.05) is 11.1 Å². The van der Waals surface area contributed by atoms with Gasteiger partial charge in [0.05, 0.1) is 0 Å². The molecule has 1 aromatic carbocycles. The largest absolute Gasteiger partial charge is 0.314 e. The molecule has 1 nitrogen and oxygen atoms in total. The summed E-state index contributed by atoms with van der Waals surface area (Å²) in [4.78, 5) is 0. The zero-order valence-corrected chi connectivity index (χ0v) is 10.8. The van der Waals surface area contributed by atoms with Gasteiger partial charge >= 0.3 is 0 Å². The van der Waals surface area contributed by atoms with E-state index in [9.17, 15) is 0 Å². The molecule has 1 aliphatic heterocycles. The molecule has 1 heterocycles. The summed E-state index contributed by atoms with van der Waals surface area (Å²) in [5, 5.41) is 4.40. The lowest BCUT2D eigenvalue weighted by Gasteiger charge is -2.13. The molecule has 1 atom stereocenters. The van der Waals surface area contributed by atoms with Crippen LogP contribution >= 0.6 is 11.6 Å². The van der Waals surface area contributed by atoms with Crippen LogP contribution < -0.4 is 5.32 Å². The van der Waals surface area contributed by atoms with Crippen LogP contribution in [-0.2, 0) is 6.42 Å². The second-order valence-electron chi connectivity index (χ2n) is 5.04. The maximum atomic E-state index is 6.16. The van der Waals surface area contributed by atoms with Crippen LogP contribution in [0.4, 0.5) is 0 Å². The third kappa shape index (κ3) is 2.99. The normalized spacial score (nSPS) is 20.6. The van der Waals surface area contributed by atoms with Crippen LogP contribution in [0.2, 0.25) is 5.02 Å². The number of benzene rings is 1. The Labute approximate surface area is 103 Å². The highest BCUT2D eigenvalue weighted by molar-refractivity contribution is 6.30. The summed E-state index contributed by atoms with van der Waals surface area (Å²) < 4.78 is 0. The molecule has 0 aromatic heterocycles. The topological polar surface area (TPSA) is 12.0 Å². The van der Waals surface area contributed by atoms with E-state index in [2.05, 4.69) is 37.4 Å². The molecule has 0 bridgehead atoms. The van der Waals surface area contributed by atoms with Crippen molar-refractivity contribution >= 4 is 11.6 Å². The number of halogens is 1. The van der Waals surface area contributed by atoms with Crippen LogP contribution in [0, 0.1) is 0 Å². The lowest BCUT2D eigenvalue weighted by Crippen LogP contribution is -2.23. The predicted molar refractivity (Wildman–Crippen MR) is 70.3 cm³/mol. The molecule has 1 unspecified atom stereocenters. The van der Waals surface area contributed by atoms with Gasteiger partial charge in [-0.3, -0.25) is 0 Å². The van der Waals surface area contributed by atoms with E-state index >= 15 is 0 Å². The van der Waals surface area contributed by atoms with Gasteiger partial charge in [-0.15, -0.1) is 0 Å². The molecule has 2 rings (SSSR count). The van der Waals surface area contributed by atoms with Crippen molar-refractivity contribution in [2.24, 2.45) is 0 Å². The van der Waals surface area contributed by atoms with E-state index in [-0.39, 0.29) is 0 Å². The Morgan fingerprint density at radius 3 is 2.81 bits per heavy atom. The van der Waals surface area contributed by atoms with E-state index in [1.54, 1.807) is 0 Å². The van der Waals surface area contributed by atoms with Gasteiger partial charge in [0.1, 0.15) is 0 Å². The van der Waals surface area contributed by atoms with Gasteiger partial charge in [-0.05, 0) is 55.0 Å². The molecule has 16 heavy (non-hydrogen) atoms. The monoisotopic (exact) mass is 237 g/mol. The fourth-order valence-electron chi connectivity index (χ4n) is 2.34. The third-order valence-electron chi connectivity index (χ3n) is 3.29. The Balaban J connectivity index is 2.13. The Bertz CT molecular complexity index is 354. The second-order valence-corrected chi connectivity index (χ2v) is 5.48. The Morgan fingerprint density at radius 1 is 1.38 bits per heavy atom. The summed E-state index contributed by atoms with van der Waals surface area (Å²) >= 11 is 6.16. The molecule has 0 spiro atoms. The fourth-order valence-corrected chi connectivity index (χ4v) is 2.61. The van der Waals surface area contributed by atoms with E-state index < -0.39 is 0 Å². The first kappa shape index (κ1) is 11.9. The molecule has 1 N–H and O–H groups in total. The number of rotatable bonds is 3. The fraction of sp³-hybridized carbons (Fsp3) is 0.571. The number of nitrogens with one attached hydrogen (secondary N) is 1. The van der Waals surface area contributed by atoms with E-state index in [0.29, 0.717) is 12.0 Å². The Morgan fingerprint density at radius 2 is 2.19 bits per heavy atom. The van der Waals surface area contributed by atoms with Crippen molar-refractivity contribution in [1.82, 2.24) is 5.32 Å². The summed E-state index contributed by atoms with van der Waals surface area (Å²) in [5.41, 5.74) is 2.72. The van der Waals surface area contributed by atoms with E-state index in [4.69, 9.17) is 11.6 Å². The van der Waals surface area contributed by atoms with E-state index in [1.807, 2.05) is 0 Å². The van der Waals surface area contributed by atoms with Gasteiger partial charge in [-0.25, -0.2) is 0 Å². The molecule has 0 aliphatic carbocycles. The minimum absolute atomic E-state index is 0.550. The van der Waals surface area contributed by atoms with Crippen LogP contribution in [0.15, 0.2) is 18.2 Å². The van der Waals surface area contributed by atoms with Crippen LogP contribution in [0.5, 0.6) is 0 Å². The summed E-state index contributed by atoms with van der Waals surface area (Å²) in [7, 11) is 0. The second kappa shape index (κ2) is 5.20. The first-order valence-electron chi connectivity index (χ1n) is 6.18. The molecule has 0 radical (unpaired) electrons. The van der Waals surface area contributed by atoms with Gasteiger partial charge in [-0.2, -0.15) is 0 Å². The van der Waals surface area contributed by atoms with Crippen molar-refractivity contribution < 1.29 is 0 Å². The molecular weight excluding hydrogens is 218 g/mol. The summed E-state index contributed by atoms with van der Waals surface area (Å²) in [5.74, 6) is 0.550. The van der Waals surface area contributed by atoms with Gasteiger partial charge in [0.2, 0.25) is 0 Å². The highest BCUT2D eigenvalue weighted by atomic mass is 35.5. The number of hydrogen-bond acceptors (Lipinski definition) is 1. The highest BCUT2D eigenvalue weighted by Gasteiger charge is 2.15. The van der Waals surface area contributed by atoms with E-state index in [1.165, 1.54) is 30.5 Å². The molecule has 1 saturated heterocycles. The first-order valence-corrected chi connectivity index (χ1v) is 6.55. The minimum Gasteiger partial charge on any atom is -0.314 e. The molecule has 1 aromatic rings. The van der Waals surface area contributed by atoms with Crippen molar-refractivity contribution in [1.29, 1.82) is 0 Å². The van der Waals surface area contributed by atoms with Gasteiger partial charge in [-0.1, -0.05) is 31.5 Å². The third-order valence-corrected chi connectivity index (χ3v) is 3.51. The lowest BCUT2D eigenvalue weighted by atomic mass is 9.97. The maximum absolute atomic E-state index is 6.16. The molecular formula is C14H20ClN. The summed E-state index contributed by atoms with van der Waals surface area (Å²) in [6, 6.07) is 7.14. The molecule has 1 aliphatic rings. The first-order chi connectivity index (χ1) is 7.65. The molecule has 0 saturated carbocycles. The standard InChI is InChI=1S/C14H20ClN/c1-10(2)12-6-11(7-13(15)9-12)8-14-4-3-5-16-14/h6-7,9-10,14,16H,3-5,8H2,1-2H3. The van der Waals surface area contributed by atoms with Crippen LogP contribution in [0.1, 0.15) is 43.7 Å². The van der Waals surface area contributed by atoms with Crippen molar-refractivity contribution in [2.45, 2.75) is 45.1 Å². The maximum Gasteiger partial charge on any atom is 0.0411 e. The van der Waals surface area contributed by atoms with Crippen molar-refractivity contribution in [3.63, 3.8) is 0 Å². The van der Waals surface area contributed by atoms with Gasteiger partial charge in [0.15, 0.2) is 0 Å². The van der Waals surface area contributed by atoms with E-state index in [0.717, 1.165) is 11.4 Å². The van der Waals surface area contributed by atoms with Crippen LogP contribution in [0.25, 0.3) is 0 Å². The smallest absolute Gasteiger partial charge is 0.0411 e. The zero-order chi connectivity index (χ0) is 11.5. The van der Waals surface area contributed by atoms with Gasteiger partial charge in [0.25, 0.3) is 0 Å². The Hall–Kier alpha value is -0.530. The summed E-state index contributed by atoms with van der Waals surface area (Å²) in [6.45, 7) is 5.59. The average Bonchev–Trinajstić information content (AvgIpc) is 2.69. The van der Waals surface area contributed by atoms with Crippen molar-refractivity contribution in [3.8, 4) is 0 Å². The summed E-state index contributed by atoms with van der Waals surface area (Å²) in [6.07, 6.45) is 3.71. The van der Waals surface area contributed by atoms with Gasteiger partial charge < -0.3 is 5.32 Å². The molecule has 88 valence electrons. The van der Waals surface area contributed by atoms with Crippen LogP contribution in [-0.4, -0.2) is 12.6 Å². The SMILES string of the molecule is CC(C)c1cc(Cl)cc(CC2CCCN2)c1.